The molecule has 30 heavy (non-hydrogen) atoms. The predicted molar refractivity (Wildman–Crippen MR) is 120 cm³/mol. The summed E-state index contributed by atoms with van der Waals surface area (Å²) in [7, 11) is 1.85. The number of aryl methyl sites for hydroxylation is 2. The highest BCUT2D eigenvalue weighted by atomic mass is 16.2. The van der Waals surface area contributed by atoms with Crippen molar-refractivity contribution >= 4 is 23.2 Å². The molecule has 0 saturated carbocycles. The van der Waals surface area contributed by atoms with Gasteiger partial charge in [-0.15, -0.1) is 0 Å². The van der Waals surface area contributed by atoms with Gasteiger partial charge in [-0.05, 0) is 56.3 Å². The van der Waals surface area contributed by atoms with Crippen LogP contribution in [0.2, 0.25) is 0 Å². The minimum absolute atomic E-state index is 0.184. The minimum Gasteiger partial charge on any atom is -0.324 e. The van der Waals surface area contributed by atoms with Crippen LogP contribution in [0.4, 0.5) is 11.4 Å². The fourth-order valence-corrected chi connectivity index (χ4v) is 3.24. The average molecular weight is 402 g/mol. The van der Waals surface area contributed by atoms with Crippen LogP contribution in [0.1, 0.15) is 27.2 Å². The van der Waals surface area contributed by atoms with Crippen molar-refractivity contribution in [1.29, 1.82) is 0 Å². The molecule has 0 bridgehead atoms. The number of pyridine rings is 1. The zero-order valence-corrected chi connectivity index (χ0v) is 17.5. The smallest absolute Gasteiger partial charge is 0.257 e. The number of likely N-dealkylation sites (N-methyl/N-ethyl adjacent to an activating group) is 1. The van der Waals surface area contributed by atoms with E-state index in [9.17, 15) is 9.59 Å². The van der Waals surface area contributed by atoms with Crippen molar-refractivity contribution in [2.24, 2.45) is 0 Å². The third-order valence-corrected chi connectivity index (χ3v) is 4.74. The Labute approximate surface area is 177 Å². The summed E-state index contributed by atoms with van der Waals surface area (Å²) in [6.07, 6.45) is 1.73. The Morgan fingerprint density at radius 2 is 1.60 bits per heavy atom. The number of nitrogens with one attached hydrogen (secondary N) is 2. The number of carbonyl (C=O) groups excluding carboxylic acids is 2. The summed E-state index contributed by atoms with van der Waals surface area (Å²) < 4.78 is 0. The molecule has 0 aliphatic carbocycles. The van der Waals surface area contributed by atoms with Crippen LogP contribution < -0.4 is 10.6 Å². The molecule has 0 aliphatic heterocycles. The number of nitrogens with zero attached hydrogens (tertiary/aromatic N) is 2. The lowest BCUT2D eigenvalue weighted by atomic mass is 10.1. The van der Waals surface area contributed by atoms with Gasteiger partial charge >= 0.3 is 0 Å². The number of aromatic nitrogens is 1. The zero-order chi connectivity index (χ0) is 21.5. The molecule has 1 aromatic heterocycles. The fourth-order valence-electron chi connectivity index (χ4n) is 3.24. The van der Waals surface area contributed by atoms with Crippen molar-refractivity contribution in [2.45, 2.75) is 20.4 Å². The first-order chi connectivity index (χ1) is 14.4. The second kappa shape index (κ2) is 9.80. The first kappa shape index (κ1) is 21.2. The molecule has 2 N–H and O–H groups in total. The van der Waals surface area contributed by atoms with Crippen molar-refractivity contribution < 1.29 is 9.59 Å². The lowest BCUT2D eigenvalue weighted by Gasteiger charge is -2.17. The van der Waals surface area contributed by atoms with E-state index in [0.29, 0.717) is 17.8 Å². The topological polar surface area (TPSA) is 74.3 Å². The molecule has 2 aromatic carbocycles. The van der Waals surface area contributed by atoms with Gasteiger partial charge in [0.1, 0.15) is 0 Å². The molecule has 6 heteroatoms. The monoisotopic (exact) mass is 402 g/mol. The molecule has 1 heterocycles. The standard InChI is InChI=1S/C24H26N4O2/c1-17-9-8-10-18(2)23(17)27-24(30)20-12-4-5-13-21(20)26-22(29)16-28(3)15-19-11-6-7-14-25-19/h4-14H,15-16H2,1-3H3,(H,26,29)(H,27,30). The normalized spacial score (nSPS) is 10.7. The van der Waals surface area contributed by atoms with Gasteiger partial charge in [-0.25, -0.2) is 0 Å². The average Bonchev–Trinajstić information content (AvgIpc) is 2.71. The van der Waals surface area contributed by atoms with Crippen molar-refractivity contribution in [2.75, 3.05) is 24.2 Å². The molecule has 0 fully saturated rings. The molecular weight excluding hydrogens is 376 g/mol. The van der Waals surface area contributed by atoms with Gasteiger partial charge in [0.15, 0.2) is 0 Å². The van der Waals surface area contributed by atoms with Crippen LogP contribution in [0.3, 0.4) is 0 Å². The summed E-state index contributed by atoms with van der Waals surface area (Å²) in [5, 5.41) is 5.83. The number of amides is 2. The van der Waals surface area contributed by atoms with Crippen LogP contribution in [0.5, 0.6) is 0 Å². The second-order valence-electron chi connectivity index (χ2n) is 7.31. The first-order valence-corrected chi connectivity index (χ1v) is 9.79. The maximum absolute atomic E-state index is 12.9. The summed E-state index contributed by atoms with van der Waals surface area (Å²) in [5.41, 5.74) is 4.56. The summed E-state index contributed by atoms with van der Waals surface area (Å²) in [5.74, 6) is -0.453. The maximum atomic E-state index is 12.9. The number of carbonyl (C=O) groups is 2. The highest BCUT2D eigenvalue weighted by Crippen LogP contribution is 2.22. The highest BCUT2D eigenvalue weighted by Gasteiger charge is 2.16. The van der Waals surface area contributed by atoms with Gasteiger partial charge < -0.3 is 10.6 Å². The van der Waals surface area contributed by atoms with Gasteiger partial charge in [0.25, 0.3) is 5.91 Å². The number of hydrogen-bond acceptors (Lipinski definition) is 4. The first-order valence-electron chi connectivity index (χ1n) is 9.79. The van der Waals surface area contributed by atoms with Crippen LogP contribution in [0.15, 0.2) is 66.9 Å². The van der Waals surface area contributed by atoms with Crippen LogP contribution in [-0.4, -0.2) is 35.3 Å². The molecule has 0 spiro atoms. The SMILES string of the molecule is Cc1cccc(C)c1NC(=O)c1ccccc1NC(=O)CN(C)Cc1ccccn1. The third kappa shape index (κ3) is 5.52. The fraction of sp³-hybridized carbons (Fsp3) is 0.208. The number of anilines is 2. The van der Waals surface area contributed by atoms with Gasteiger partial charge in [-0.1, -0.05) is 36.4 Å². The van der Waals surface area contributed by atoms with Crippen LogP contribution in [0, 0.1) is 13.8 Å². The van der Waals surface area contributed by atoms with E-state index in [2.05, 4.69) is 15.6 Å². The largest absolute Gasteiger partial charge is 0.324 e. The second-order valence-corrected chi connectivity index (χ2v) is 7.31. The summed E-state index contributed by atoms with van der Waals surface area (Å²) >= 11 is 0. The van der Waals surface area contributed by atoms with Crippen molar-refractivity contribution in [1.82, 2.24) is 9.88 Å². The van der Waals surface area contributed by atoms with Gasteiger partial charge in [0.2, 0.25) is 5.91 Å². The lowest BCUT2D eigenvalue weighted by molar-refractivity contribution is -0.117. The van der Waals surface area contributed by atoms with E-state index >= 15 is 0 Å². The van der Waals surface area contributed by atoms with E-state index in [0.717, 1.165) is 22.5 Å². The highest BCUT2D eigenvalue weighted by molar-refractivity contribution is 6.10. The van der Waals surface area contributed by atoms with E-state index in [4.69, 9.17) is 0 Å². The predicted octanol–water partition coefficient (Wildman–Crippen LogP) is 4.02. The van der Waals surface area contributed by atoms with E-state index in [1.807, 2.05) is 62.2 Å². The Hall–Kier alpha value is -3.51. The summed E-state index contributed by atoms with van der Waals surface area (Å²) in [6.45, 7) is 4.65. The van der Waals surface area contributed by atoms with Crippen molar-refractivity contribution in [3.8, 4) is 0 Å². The molecule has 0 radical (unpaired) electrons. The molecule has 3 aromatic rings. The molecule has 0 atom stereocenters. The number of para-hydroxylation sites is 2. The van der Waals surface area contributed by atoms with Gasteiger partial charge in [-0.3, -0.25) is 19.5 Å². The molecule has 2 amide bonds. The third-order valence-electron chi connectivity index (χ3n) is 4.74. The van der Waals surface area contributed by atoms with Gasteiger partial charge in [0.05, 0.1) is 23.5 Å². The molecular formula is C24H26N4O2. The Morgan fingerprint density at radius 1 is 0.900 bits per heavy atom. The minimum atomic E-state index is -0.259. The van der Waals surface area contributed by atoms with Crippen molar-refractivity contribution in [3.63, 3.8) is 0 Å². The Balaban J connectivity index is 1.67. The molecule has 0 unspecified atom stereocenters. The molecule has 0 aliphatic rings. The molecule has 0 saturated heterocycles. The Bertz CT molecular complexity index is 1010. The van der Waals surface area contributed by atoms with Crippen LogP contribution in [0.25, 0.3) is 0 Å². The van der Waals surface area contributed by atoms with E-state index in [1.54, 1.807) is 30.5 Å². The van der Waals surface area contributed by atoms with Crippen LogP contribution in [-0.2, 0) is 11.3 Å². The molecule has 3 rings (SSSR count). The Kier molecular flexibility index (Phi) is 6.93. The molecule has 6 nitrogen and oxygen atoms in total. The van der Waals surface area contributed by atoms with Gasteiger partial charge in [-0.2, -0.15) is 0 Å². The zero-order valence-electron chi connectivity index (χ0n) is 17.5. The quantitative estimate of drug-likeness (QED) is 0.626. The van der Waals surface area contributed by atoms with E-state index < -0.39 is 0 Å². The molecule has 154 valence electrons. The maximum Gasteiger partial charge on any atom is 0.257 e. The summed E-state index contributed by atoms with van der Waals surface area (Å²) in [6, 6.07) is 18.6. The number of hydrogen-bond donors (Lipinski definition) is 2. The van der Waals surface area contributed by atoms with Gasteiger partial charge in [0, 0.05) is 18.4 Å². The lowest BCUT2D eigenvalue weighted by Crippen LogP contribution is -2.30. The van der Waals surface area contributed by atoms with E-state index in [1.165, 1.54) is 0 Å². The van der Waals surface area contributed by atoms with E-state index in [-0.39, 0.29) is 18.4 Å². The van der Waals surface area contributed by atoms with Crippen LogP contribution >= 0.6 is 0 Å². The summed E-state index contributed by atoms with van der Waals surface area (Å²) in [4.78, 5) is 31.6. The number of rotatable bonds is 7. The van der Waals surface area contributed by atoms with Crippen molar-refractivity contribution in [3.05, 3.63) is 89.2 Å². The Morgan fingerprint density at radius 3 is 2.30 bits per heavy atom. The number of benzene rings is 2.